The molecule has 2 fully saturated rings. The fourth-order valence-corrected chi connectivity index (χ4v) is 6.22. The van der Waals surface area contributed by atoms with E-state index in [1.54, 1.807) is 4.90 Å². The second-order valence-corrected chi connectivity index (χ2v) is 11.0. The number of rotatable bonds is 9. The maximum absolute atomic E-state index is 14.1. The van der Waals surface area contributed by atoms with Crippen molar-refractivity contribution in [2.45, 2.75) is 38.4 Å². The number of hydrogen-bond acceptors (Lipinski definition) is 6. The Bertz CT molecular complexity index is 1450. The fourth-order valence-electron chi connectivity index (χ4n) is 6.22. The molecular formula is C33H36N4O5. The van der Waals surface area contributed by atoms with E-state index >= 15 is 0 Å². The minimum Gasteiger partial charge on any atom is -0.468 e. The summed E-state index contributed by atoms with van der Waals surface area (Å²) in [6.07, 6.45) is 0.151. The Morgan fingerprint density at radius 2 is 1.55 bits per heavy atom. The molecule has 5 rings (SSSR count). The number of esters is 1. The molecule has 3 aromatic rings. The summed E-state index contributed by atoms with van der Waals surface area (Å²) >= 11 is 0. The first kappa shape index (κ1) is 29.0. The Hall–Kier alpha value is -4.50. The van der Waals surface area contributed by atoms with E-state index < -0.39 is 35.3 Å². The quantitative estimate of drug-likeness (QED) is 0.301. The van der Waals surface area contributed by atoms with Crippen molar-refractivity contribution in [1.82, 2.24) is 15.1 Å². The van der Waals surface area contributed by atoms with E-state index in [4.69, 9.17) is 4.74 Å². The second kappa shape index (κ2) is 12.2. The molecule has 3 aromatic carbocycles. The smallest absolute Gasteiger partial charge is 0.327 e. The van der Waals surface area contributed by atoms with Gasteiger partial charge in [-0.25, -0.2) is 4.79 Å². The Balaban J connectivity index is 1.49. The third kappa shape index (κ3) is 5.52. The highest BCUT2D eigenvalue weighted by Gasteiger charge is 2.68. The van der Waals surface area contributed by atoms with E-state index in [0.717, 1.165) is 16.7 Å². The van der Waals surface area contributed by atoms with Crippen LogP contribution in [0.4, 0.5) is 10.5 Å². The summed E-state index contributed by atoms with van der Waals surface area (Å²) in [5.41, 5.74) is 1.86. The van der Waals surface area contributed by atoms with Gasteiger partial charge in [0.2, 0.25) is 11.8 Å². The molecule has 4 amide bonds. The van der Waals surface area contributed by atoms with Gasteiger partial charge >= 0.3 is 12.0 Å². The second-order valence-electron chi connectivity index (χ2n) is 11.0. The van der Waals surface area contributed by atoms with Gasteiger partial charge in [0.1, 0.15) is 5.54 Å². The highest BCUT2D eigenvalue weighted by atomic mass is 16.5. The third-order valence-electron chi connectivity index (χ3n) is 8.30. The SMILES string of the molecule is CCN(C[C@H]1N[C@@](Cc2ccccc2)(C(=O)OC)[C@H]2C(=O)N(Cc3ccccc3)C(=O)[C@@H]12)C(=O)Nc1ccc(C)cc1. The molecule has 9 heteroatoms. The van der Waals surface area contributed by atoms with Gasteiger partial charge in [0.25, 0.3) is 0 Å². The molecule has 0 saturated carbocycles. The maximum Gasteiger partial charge on any atom is 0.327 e. The van der Waals surface area contributed by atoms with Gasteiger partial charge in [0, 0.05) is 31.2 Å². The molecule has 0 spiro atoms. The highest BCUT2D eigenvalue weighted by molar-refractivity contribution is 6.09. The van der Waals surface area contributed by atoms with Crippen LogP contribution >= 0.6 is 0 Å². The number of fused-ring (bicyclic) bond motifs is 1. The molecule has 2 N–H and O–H groups in total. The van der Waals surface area contributed by atoms with Gasteiger partial charge in [0.05, 0.1) is 25.5 Å². The first-order chi connectivity index (χ1) is 20.3. The number of imide groups is 1. The number of nitrogens with zero attached hydrogens (tertiary/aromatic N) is 2. The van der Waals surface area contributed by atoms with Gasteiger partial charge in [-0.15, -0.1) is 0 Å². The van der Waals surface area contributed by atoms with Crippen LogP contribution in [0.3, 0.4) is 0 Å². The summed E-state index contributed by atoms with van der Waals surface area (Å²) in [4.78, 5) is 57.9. The first-order valence-electron chi connectivity index (χ1n) is 14.2. The predicted octanol–water partition coefficient (Wildman–Crippen LogP) is 3.78. The Morgan fingerprint density at radius 1 is 0.929 bits per heavy atom. The van der Waals surface area contributed by atoms with Crippen molar-refractivity contribution in [2.75, 3.05) is 25.5 Å². The molecule has 0 unspecified atom stereocenters. The number of likely N-dealkylation sites (N-methyl/N-ethyl adjacent to an activating group) is 1. The van der Waals surface area contributed by atoms with Gasteiger partial charge in [-0.3, -0.25) is 24.6 Å². The third-order valence-corrected chi connectivity index (χ3v) is 8.30. The van der Waals surface area contributed by atoms with Gasteiger partial charge in [-0.2, -0.15) is 0 Å². The zero-order chi connectivity index (χ0) is 29.9. The van der Waals surface area contributed by atoms with Gasteiger partial charge in [0.15, 0.2) is 0 Å². The van der Waals surface area contributed by atoms with E-state index in [1.165, 1.54) is 12.0 Å². The van der Waals surface area contributed by atoms with E-state index in [0.29, 0.717) is 12.2 Å². The maximum atomic E-state index is 14.1. The van der Waals surface area contributed by atoms with Crippen LogP contribution in [-0.4, -0.2) is 65.4 Å². The van der Waals surface area contributed by atoms with Crippen LogP contribution in [0.25, 0.3) is 0 Å². The molecule has 42 heavy (non-hydrogen) atoms. The number of nitrogens with one attached hydrogen (secondary N) is 2. The summed E-state index contributed by atoms with van der Waals surface area (Å²) in [6.45, 7) is 4.39. The van der Waals surface area contributed by atoms with Crippen molar-refractivity contribution in [1.29, 1.82) is 0 Å². The van der Waals surface area contributed by atoms with Crippen LogP contribution < -0.4 is 10.6 Å². The van der Waals surface area contributed by atoms with Crippen LogP contribution in [0.15, 0.2) is 84.9 Å². The molecule has 0 radical (unpaired) electrons. The van der Waals surface area contributed by atoms with Gasteiger partial charge in [-0.05, 0) is 37.1 Å². The summed E-state index contributed by atoms with van der Waals surface area (Å²) in [6, 6.07) is 25.1. The molecule has 2 heterocycles. The number of amides is 4. The fraction of sp³-hybridized carbons (Fsp3) is 0.333. The Morgan fingerprint density at radius 3 is 2.14 bits per heavy atom. The summed E-state index contributed by atoms with van der Waals surface area (Å²) in [7, 11) is 1.29. The number of benzene rings is 3. The van der Waals surface area contributed by atoms with Gasteiger partial charge < -0.3 is 15.0 Å². The average Bonchev–Trinajstić information content (AvgIpc) is 3.46. The zero-order valence-electron chi connectivity index (χ0n) is 24.1. The molecule has 2 aliphatic rings. The molecular weight excluding hydrogens is 532 g/mol. The number of carbonyl (C=O) groups excluding carboxylic acids is 4. The lowest BCUT2D eigenvalue weighted by molar-refractivity contribution is -0.154. The molecule has 2 aliphatic heterocycles. The number of carbonyl (C=O) groups is 4. The lowest BCUT2D eigenvalue weighted by Crippen LogP contribution is -2.60. The first-order valence-corrected chi connectivity index (χ1v) is 14.2. The monoisotopic (exact) mass is 568 g/mol. The molecule has 4 atom stereocenters. The van der Waals surface area contributed by atoms with E-state index in [-0.39, 0.29) is 31.4 Å². The topological polar surface area (TPSA) is 108 Å². The van der Waals surface area contributed by atoms with E-state index in [2.05, 4.69) is 10.6 Å². The molecule has 2 saturated heterocycles. The minimum atomic E-state index is -1.49. The number of aryl methyl sites for hydroxylation is 1. The number of anilines is 1. The number of urea groups is 1. The normalized spacial score (nSPS) is 23.0. The summed E-state index contributed by atoms with van der Waals surface area (Å²) in [5.74, 6) is -3.24. The zero-order valence-corrected chi connectivity index (χ0v) is 24.1. The molecule has 0 aliphatic carbocycles. The number of likely N-dealkylation sites (tertiary alicyclic amines) is 1. The highest BCUT2D eigenvalue weighted by Crippen LogP contribution is 2.45. The lowest BCUT2D eigenvalue weighted by Gasteiger charge is -2.33. The van der Waals surface area contributed by atoms with Crippen molar-refractivity contribution in [3.05, 3.63) is 102 Å². The van der Waals surface area contributed by atoms with Crippen LogP contribution in [0.1, 0.15) is 23.6 Å². The minimum absolute atomic E-state index is 0.103. The van der Waals surface area contributed by atoms with Crippen molar-refractivity contribution < 1.29 is 23.9 Å². The standard InChI is InChI=1S/C33H36N4O5/c1-4-36(32(41)34-25-17-15-22(2)16-18-25)21-26-27-28(30(39)37(29(27)38)20-24-13-9-6-10-14-24)33(35-26,31(40)42-3)19-23-11-7-5-8-12-23/h5-18,26-28,35H,4,19-21H2,1-3H3,(H,34,41)/t26-,27+,28-,33-/m1/s1. The number of hydrogen-bond donors (Lipinski definition) is 2. The van der Waals surface area contributed by atoms with Crippen LogP contribution in [0.5, 0.6) is 0 Å². The van der Waals surface area contributed by atoms with Crippen LogP contribution in [0.2, 0.25) is 0 Å². The van der Waals surface area contributed by atoms with Crippen molar-refractivity contribution >= 4 is 29.5 Å². The average molecular weight is 569 g/mol. The van der Waals surface area contributed by atoms with Crippen molar-refractivity contribution in [3.8, 4) is 0 Å². The molecule has 0 bridgehead atoms. The Kier molecular flexibility index (Phi) is 8.40. The number of methoxy groups -OCH3 is 1. The lowest BCUT2D eigenvalue weighted by atomic mass is 9.76. The van der Waals surface area contributed by atoms with Crippen molar-refractivity contribution in [2.24, 2.45) is 11.8 Å². The summed E-state index contributed by atoms with van der Waals surface area (Å²) < 4.78 is 5.29. The molecule has 9 nitrogen and oxygen atoms in total. The number of ether oxygens (including phenoxy) is 1. The summed E-state index contributed by atoms with van der Waals surface area (Å²) in [5, 5.41) is 6.29. The van der Waals surface area contributed by atoms with E-state index in [1.807, 2.05) is 98.8 Å². The predicted molar refractivity (Wildman–Crippen MR) is 158 cm³/mol. The van der Waals surface area contributed by atoms with E-state index in [9.17, 15) is 19.2 Å². The van der Waals surface area contributed by atoms with Crippen LogP contribution in [-0.2, 0) is 32.1 Å². The van der Waals surface area contributed by atoms with Crippen LogP contribution in [0, 0.1) is 18.8 Å². The van der Waals surface area contributed by atoms with Crippen molar-refractivity contribution in [3.63, 3.8) is 0 Å². The van der Waals surface area contributed by atoms with Gasteiger partial charge in [-0.1, -0.05) is 78.4 Å². The largest absolute Gasteiger partial charge is 0.468 e. The molecule has 218 valence electrons. The Labute approximate surface area is 245 Å². The molecule has 0 aromatic heterocycles.